The smallest absolute Gasteiger partial charge is 0.323 e. The molecule has 0 saturated carbocycles. The number of carbonyl (C=O) groups excluding carboxylic acids is 2. The molecule has 0 bridgehead atoms. The van der Waals surface area contributed by atoms with Crippen molar-refractivity contribution in [3.05, 3.63) is 78.1 Å². The molecule has 0 aliphatic rings. The molecule has 148 valence electrons. The third kappa shape index (κ3) is 5.04. The Morgan fingerprint density at radius 1 is 0.897 bits per heavy atom. The quantitative estimate of drug-likeness (QED) is 0.602. The Kier molecular flexibility index (Phi) is 5.98. The first kappa shape index (κ1) is 19.7. The van der Waals surface area contributed by atoms with Gasteiger partial charge in [-0.2, -0.15) is 0 Å². The number of nitrogens with zero attached hydrogens (tertiary/aromatic N) is 1. The largest absolute Gasteiger partial charge is 0.457 e. The highest BCUT2D eigenvalue weighted by Crippen LogP contribution is 2.26. The molecule has 3 amide bonds. The summed E-state index contributed by atoms with van der Waals surface area (Å²) in [6.45, 7) is 0. The van der Waals surface area contributed by atoms with Crippen LogP contribution in [0.15, 0.2) is 60.8 Å². The van der Waals surface area contributed by atoms with E-state index < -0.39 is 17.7 Å². The van der Waals surface area contributed by atoms with Crippen LogP contribution >= 0.6 is 0 Å². The number of rotatable bonds is 5. The minimum Gasteiger partial charge on any atom is -0.457 e. The number of ether oxygens (including phenoxy) is 1. The summed E-state index contributed by atoms with van der Waals surface area (Å²) in [5.74, 6) is -1.32. The molecule has 0 radical (unpaired) electrons. The minimum atomic E-state index is -0.799. The lowest BCUT2D eigenvalue weighted by molar-refractivity contribution is 0.0958. The zero-order valence-corrected chi connectivity index (χ0v) is 15.2. The Bertz CT molecular complexity index is 1060. The van der Waals surface area contributed by atoms with Gasteiger partial charge in [-0.05, 0) is 30.3 Å². The summed E-state index contributed by atoms with van der Waals surface area (Å²) < 4.78 is 33.4. The maximum absolute atomic E-state index is 14.3. The zero-order chi connectivity index (χ0) is 20.8. The minimum absolute atomic E-state index is 0.0324. The highest BCUT2D eigenvalue weighted by atomic mass is 19.1. The van der Waals surface area contributed by atoms with Crippen LogP contribution in [0.4, 0.5) is 25.0 Å². The zero-order valence-electron chi connectivity index (χ0n) is 15.2. The van der Waals surface area contributed by atoms with Crippen molar-refractivity contribution in [3.63, 3.8) is 0 Å². The molecule has 0 fully saturated rings. The summed E-state index contributed by atoms with van der Waals surface area (Å²) in [4.78, 5) is 27.5. The third-order valence-corrected chi connectivity index (χ3v) is 3.74. The number of aromatic nitrogens is 1. The van der Waals surface area contributed by atoms with Crippen molar-refractivity contribution in [2.75, 3.05) is 17.7 Å². The van der Waals surface area contributed by atoms with E-state index in [4.69, 9.17) is 4.74 Å². The number of para-hydroxylation sites is 1. The molecule has 0 atom stereocenters. The van der Waals surface area contributed by atoms with E-state index in [-0.39, 0.29) is 34.5 Å². The molecule has 0 saturated heterocycles. The molecule has 0 spiro atoms. The lowest BCUT2D eigenvalue weighted by Crippen LogP contribution is -2.20. The number of hydrogen-bond donors (Lipinski definition) is 3. The number of nitrogens with one attached hydrogen (secondary N) is 3. The molecule has 29 heavy (non-hydrogen) atoms. The summed E-state index contributed by atoms with van der Waals surface area (Å²) >= 11 is 0. The van der Waals surface area contributed by atoms with E-state index in [9.17, 15) is 18.4 Å². The first-order valence-electron chi connectivity index (χ1n) is 8.44. The van der Waals surface area contributed by atoms with Gasteiger partial charge in [-0.25, -0.2) is 13.6 Å². The predicted octanol–water partition coefficient (Wildman–Crippen LogP) is 4.16. The highest BCUT2D eigenvalue weighted by Gasteiger charge is 2.12. The van der Waals surface area contributed by atoms with Gasteiger partial charge in [0.05, 0.1) is 11.4 Å². The van der Waals surface area contributed by atoms with Gasteiger partial charge >= 0.3 is 6.03 Å². The molecule has 9 heteroatoms. The number of urea groups is 1. The SMILES string of the molecule is CNC(=O)c1cc(Oc2ccc(NC(=O)Nc3ccccc3F)c(F)c2)ccn1. The summed E-state index contributed by atoms with van der Waals surface area (Å²) in [5, 5.41) is 7.03. The van der Waals surface area contributed by atoms with Gasteiger partial charge in [-0.15, -0.1) is 0 Å². The molecule has 0 unspecified atom stereocenters. The Morgan fingerprint density at radius 2 is 1.59 bits per heavy atom. The van der Waals surface area contributed by atoms with E-state index in [1.807, 2.05) is 0 Å². The second-order valence-electron chi connectivity index (χ2n) is 5.76. The molecule has 2 aromatic carbocycles. The molecule has 1 aromatic heterocycles. The van der Waals surface area contributed by atoms with Crippen LogP contribution in [0.5, 0.6) is 11.5 Å². The van der Waals surface area contributed by atoms with E-state index in [0.717, 1.165) is 6.07 Å². The van der Waals surface area contributed by atoms with Crippen LogP contribution in [-0.2, 0) is 0 Å². The number of benzene rings is 2. The van der Waals surface area contributed by atoms with Gasteiger partial charge in [0.1, 0.15) is 28.8 Å². The molecule has 3 N–H and O–H groups in total. The number of carbonyl (C=O) groups is 2. The van der Waals surface area contributed by atoms with Crippen molar-refractivity contribution in [1.82, 2.24) is 10.3 Å². The van der Waals surface area contributed by atoms with Crippen molar-refractivity contribution in [2.45, 2.75) is 0 Å². The second-order valence-corrected chi connectivity index (χ2v) is 5.76. The maximum atomic E-state index is 14.3. The monoisotopic (exact) mass is 398 g/mol. The molecule has 1 heterocycles. The van der Waals surface area contributed by atoms with Gasteiger partial charge in [0.2, 0.25) is 0 Å². The second kappa shape index (κ2) is 8.79. The summed E-state index contributed by atoms with van der Waals surface area (Å²) in [6, 6.07) is 11.5. The Morgan fingerprint density at radius 3 is 2.28 bits per heavy atom. The number of amides is 3. The number of halogens is 2. The van der Waals surface area contributed by atoms with Gasteiger partial charge < -0.3 is 20.7 Å². The van der Waals surface area contributed by atoms with Gasteiger partial charge in [0, 0.05) is 25.4 Å². The first-order valence-corrected chi connectivity index (χ1v) is 8.44. The number of pyridine rings is 1. The van der Waals surface area contributed by atoms with Crippen molar-refractivity contribution < 1.29 is 23.1 Å². The molecule has 7 nitrogen and oxygen atoms in total. The number of anilines is 2. The van der Waals surface area contributed by atoms with Gasteiger partial charge in [0.15, 0.2) is 0 Å². The van der Waals surface area contributed by atoms with Gasteiger partial charge in [-0.3, -0.25) is 9.78 Å². The average molecular weight is 398 g/mol. The van der Waals surface area contributed by atoms with Crippen LogP contribution in [0.3, 0.4) is 0 Å². The van der Waals surface area contributed by atoms with E-state index in [1.165, 1.54) is 55.7 Å². The maximum Gasteiger partial charge on any atom is 0.323 e. The topological polar surface area (TPSA) is 92.4 Å². The Hall–Kier alpha value is -4.01. The van der Waals surface area contributed by atoms with Crippen molar-refractivity contribution >= 4 is 23.3 Å². The van der Waals surface area contributed by atoms with Gasteiger partial charge in [-0.1, -0.05) is 12.1 Å². The lowest BCUT2D eigenvalue weighted by atomic mass is 10.2. The van der Waals surface area contributed by atoms with Crippen LogP contribution in [0.25, 0.3) is 0 Å². The lowest BCUT2D eigenvalue weighted by Gasteiger charge is -2.11. The van der Waals surface area contributed by atoms with Gasteiger partial charge in [0.25, 0.3) is 5.91 Å². The van der Waals surface area contributed by atoms with E-state index >= 15 is 0 Å². The molecule has 0 aliphatic heterocycles. The van der Waals surface area contributed by atoms with E-state index in [2.05, 4.69) is 20.9 Å². The molecule has 3 aromatic rings. The highest BCUT2D eigenvalue weighted by molar-refractivity contribution is 5.99. The third-order valence-electron chi connectivity index (χ3n) is 3.74. The molecule has 0 aliphatic carbocycles. The van der Waals surface area contributed by atoms with Crippen LogP contribution in [0, 0.1) is 11.6 Å². The fourth-order valence-electron chi connectivity index (χ4n) is 2.36. The first-order chi connectivity index (χ1) is 14.0. The predicted molar refractivity (Wildman–Crippen MR) is 103 cm³/mol. The summed E-state index contributed by atoms with van der Waals surface area (Å²) in [7, 11) is 1.47. The van der Waals surface area contributed by atoms with Crippen LogP contribution in [0.2, 0.25) is 0 Å². The van der Waals surface area contributed by atoms with Crippen molar-refractivity contribution in [1.29, 1.82) is 0 Å². The molecular weight excluding hydrogens is 382 g/mol. The van der Waals surface area contributed by atoms with Crippen LogP contribution < -0.4 is 20.7 Å². The Balaban J connectivity index is 1.68. The van der Waals surface area contributed by atoms with E-state index in [0.29, 0.717) is 0 Å². The van der Waals surface area contributed by atoms with Crippen molar-refractivity contribution in [3.8, 4) is 11.5 Å². The normalized spacial score (nSPS) is 10.2. The molecule has 3 rings (SSSR count). The fraction of sp³-hybridized carbons (Fsp3) is 0.0500. The Labute approximate surface area is 164 Å². The number of hydrogen-bond acceptors (Lipinski definition) is 4. The van der Waals surface area contributed by atoms with Crippen LogP contribution in [0.1, 0.15) is 10.5 Å². The summed E-state index contributed by atoms with van der Waals surface area (Å²) in [6.07, 6.45) is 1.39. The standard InChI is InChI=1S/C20H16F2N4O3/c1-23-19(27)18-11-13(8-9-24-18)29-12-6-7-17(15(22)10-12)26-20(28)25-16-5-3-2-4-14(16)21/h2-11H,1H3,(H,23,27)(H2,25,26,28). The fourth-order valence-corrected chi connectivity index (χ4v) is 2.36. The molecular formula is C20H16F2N4O3. The van der Waals surface area contributed by atoms with Crippen molar-refractivity contribution in [2.24, 2.45) is 0 Å². The summed E-state index contributed by atoms with van der Waals surface area (Å²) in [5.41, 5.74) is -0.00416. The van der Waals surface area contributed by atoms with Crippen LogP contribution in [-0.4, -0.2) is 24.0 Å². The van der Waals surface area contributed by atoms with E-state index in [1.54, 1.807) is 6.07 Å². The average Bonchev–Trinajstić information content (AvgIpc) is 2.71.